The summed E-state index contributed by atoms with van der Waals surface area (Å²) in [6.45, 7) is 17.3. The van der Waals surface area contributed by atoms with Gasteiger partial charge in [-0.05, 0) is 53.4 Å². The van der Waals surface area contributed by atoms with Crippen LogP contribution in [0.15, 0.2) is 0 Å². The van der Waals surface area contributed by atoms with E-state index in [2.05, 4.69) is 65.2 Å². The molecule has 0 aliphatic heterocycles. The van der Waals surface area contributed by atoms with Gasteiger partial charge in [-0.15, -0.1) is 0 Å². The summed E-state index contributed by atoms with van der Waals surface area (Å²) >= 11 is 20.2. The molecule has 0 saturated carbocycles. The van der Waals surface area contributed by atoms with Crippen LogP contribution in [0.5, 0.6) is 0 Å². The third kappa shape index (κ3) is 11.9. The molecule has 0 aromatic carbocycles. The van der Waals surface area contributed by atoms with E-state index in [0.29, 0.717) is 32.8 Å². The SMILES string of the molecule is CCC(C)N(C(=S)[S-])C(C)CC.CCC(C)N(C(=S)[S-])C(C)CC.[Ni+2]. The Balaban J connectivity index is -0.000000372. The van der Waals surface area contributed by atoms with Crippen molar-refractivity contribution in [2.24, 2.45) is 0 Å². The number of rotatable bonds is 8. The second-order valence-corrected chi connectivity index (χ2v) is 8.44. The smallest absolute Gasteiger partial charge is 0.411 e. The Bertz CT molecular complexity index is 315. The second kappa shape index (κ2) is 16.9. The minimum absolute atomic E-state index is 0. The molecular weight excluding hydrogens is 431 g/mol. The molecular formula is C18H36N2NiS4. The summed E-state index contributed by atoms with van der Waals surface area (Å²) in [5, 5.41) is 0. The topological polar surface area (TPSA) is 6.48 Å². The zero-order chi connectivity index (χ0) is 19.4. The monoisotopic (exact) mass is 466 g/mol. The molecule has 152 valence electrons. The van der Waals surface area contributed by atoms with Gasteiger partial charge in [0, 0.05) is 24.2 Å². The van der Waals surface area contributed by atoms with Crippen LogP contribution in [0.25, 0.3) is 0 Å². The molecule has 0 fully saturated rings. The van der Waals surface area contributed by atoms with Crippen LogP contribution in [0.3, 0.4) is 0 Å². The summed E-state index contributed by atoms with van der Waals surface area (Å²) in [7, 11) is 0. The molecule has 0 radical (unpaired) electrons. The molecule has 4 unspecified atom stereocenters. The molecule has 0 spiro atoms. The van der Waals surface area contributed by atoms with Gasteiger partial charge in [0.25, 0.3) is 0 Å². The van der Waals surface area contributed by atoms with Crippen molar-refractivity contribution in [1.29, 1.82) is 0 Å². The number of hydrogen-bond acceptors (Lipinski definition) is 4. The van der Waals surface area contributed by atoms with Gasteiger partial charge in [-0.1, -0.05) is 36.3 Å². The van der Waals surface area contributed by atoms with Crippen LogP contribution >= 0.6 is 24.4 Å². The maximum atomic E-state index is 5.04. The minimum atomic E-state index is 0. The van der Waals surface area contributed by atoms with E-state index in [1.807, 2.05) is 0 Å². The van der Waals surface area contributed by atoms with Crippen molar-refractivity contribution in [2.75, 3.05) is 0 Å². The summed E-state index contributed by atoms with van der Waals surface area (Å²) in [6.07, 6.45) is 4.39. The molecule has 7 heteroatoms. The van der Waals surface area contributed by atoms with Crippen molar-refractivity contribution < 1.29 is 16.5 Å². The Labute approximate surface area is 189 Å². The standard InChI is InChI=1S/2C9H19NS2.Ni/c2*1-5-7(3)10(9(11)12)8(4)6-2;/h2*7-8H,5-6H2,1-4H3,(H,11,12);/q;;+2/p-2. The zero-order valence-electron chi connectivity index (χ0n) is 17.0. The summed E-state index contributed by atoms with van der Waals surface area (Å²) < 4.78 is 1.22. The minimum Gasteiger partial charge on any atom is -0.411 e. The van der Waals surface area contributed by atoms with Gasteiger partial charge in [-0.3, -0.25) is 0 Å². The van der Waals surface area contributed by atoms with Gasteiger partial charge in [0.2, 0.25) is 0 Å². The van der Waals surface area contributed by atoms with Gasteiger partial charge in [0.1, 0.15) is 0 Å². The second-order valence-electron chi connectivity index (χ2n) is 6.38. The van der Waals surface area contributed by atoms with Crippen LogP contribution in [0.4, 0.5) is 0 Å². The first-order valence-corrected chi connectivity index (χ1v) is 10.7. The largest absolute Gasteiger partial charge is 2.00 e. The first kappa shape index (κ1) is 30.4. The Hall–Kier alpha value is 0.714. The van der Waals surface area contributed by atoms with E-state index >= 15 is 0 Å². The Morgan fingerprint density at radius 1 is 0.640 bits per heavy atom. The average Bonchev–Trinajstić information content (AvgIpc) is 2.53. The molecule has 2 nitrogen and oxygen atoms in total. The van der Waals surface area contributed by atoms with Crippen molar-refractivity contribution >= 4 is 58.3 Å². The fourth-order valence-electron chi connectivity index (χ4n) is 2.38. The van der Waals surface area contributed by atoms with Crippen LogP contribution in [0, 0.1) is 0 Å². The molecule has 4 atom stereocenters. The molecule has 0 aliphatic rings. The van der Waals surface area contributed by atoms with E-state index in [4.69, 9.17) is 49.7 Å². The van der Waals surface area contributed by atoms with Crippen molar-refractivity contribution in [3.63, 3.8) is 0 Å². The first-order chi connectivity index (χ1) is 11.1. The van der Waals surface area contributed by atoms with Gasteiger partial charge in [0.05, 0.1) is 0 Å². The fraction of sp³-hybridized carbons (Fsp3) is 0.889. The summed E-state index contributed by atoms with van der Waals surface area (Å²) in [5.74, 6) is 0. The van der Waals surface area contributed by atoms with Crippen LogP contribution in [-0.2, 0) is 41.7 Å². The zero-order valence-corrected chi connectivity index (χ0v) is 21.2. The van der Waals surface area contributed by atoms with E-state index in [9.17, 15) is 0 Å². The molecule has 0 saturated heterocycles. The average molecular weight is 467 g/mol. The number of hydrogen-bond donors (Lipinski definition) is 0. The molecule has 25 heavy (non-hydrogen) atoms. The van der Waals surface area contributed by atoms with Gasteiger partial charge >= 0.3 is 16.5 Å². The van der Waals surface area contributed by atoms with Crippen LogP contribution in [0.2, 0.25) is 0 Å². The Morgan fingerprint density at radius 2 is 0.800 bits per heavy atom. The van der Waals surface area contributed by atoms with E-state index in [-0.39, 0.29) is 16.5 Å². The maximum absolute atomic E-state index is 5.04. The number of nitrogens with zero attached hydrogens (tertiary/aromatic N) is 2. The van der Waals surface area contributed by atoms with Crippen molar-refractivity contribution in [2.45, 2.75) is 105 Å². The summed E-state index contributed by atoms with van der Waals surface area (Å²) in [4.78, 5) is 4.31. The summed E-state index contributed by atoms with van der Waals surface area (Å²) in [6, 6.07) is 1.91. The van der Waals surface area contributed by atoms with E-state index in [1.54, 1.807) is 0 Å². The predicted octanol–water partition coefficient (Wildman–Crippen LogP) is 5.43. The fourth-order valence-corrected chi connectivity index (χ4v) is 3.81. The molecule has 0 amide bonds. The predicted molar refractivity (Wildman–Crippen MR) is 123 cm³/mol. The Kier molecular flexibility index (Phi) is 20.5. The summed E-state index contributed by atoms with van der Waals surface area (Å²) in [5.41, 5.74) is 0. The van der Waals surface area contributed by atoms with Gasteiger partial charge < -0.3 is 59.5 Å². The molecule has 0 heterocycles. The normalized spacial score (nSPS) is 14.7. The van der Waals surface area contributed by atoms with Crippen LogP contribution < -0.4 is 0 Å². The molecule has 0 bridgehead atoms. The quantitative estimate of drug-likeness (QED) is 0.265. The molecule has 0 aliphatic carbocycles. The van der Waals surface area contributed by atoms with Gasteiger partial charge in [0.15, 0.2) is 0 Å². The van der Waals surface area contributed by atoms with Crippen molar-refractivity contribution in [3.8, 4) is 0 Å². The third-order valence-electron chi connectivity index (χ3n) is 4.68. The Morgan fingerprint density at radius 3 is 0.880 bits per heavy atom. The molecule has 0 N–H and O–H groups in total. The van der Waals surface area contributed by atoms with Gasteiger partial charge in [-0.25, -0.2) is 0 Å². The van der Waals surface area contributed by atoms with E-state index < -0.39 is 0 Å². The third-order valence-corrected chi connectivity index (χ3v) is 5.53. The molecule has 0 aromatic rings. The van der Waals surface area contributed by atoms with E-state index in [1.165, 1.54) is 0 Å². The maximum Gasteiger partial charge on any atom is 2.00 e. The van der Waals surface area contributed by atoms with Crippen LogP contribution in [-0.4, -0.2) is 42.6 Å². The van der Waals surface area contributed by atoms with E-state index in [0.717, 1.165) is 25.7 Å². The first-order valence-electron chi connectivity index (χ1n) is 9.07. The molecule has 0 rings (SSSR count). The van der Waals surface area contributed by atoms with Crippen molar-refractivity contribution in [1.82, 2.24) is 9.80 Å². The molecule has 0 aromatic heterocycles. The van der Waals surface area contributed by atoms with Gasteiger partial charge in [-0.2, -0.15) is 0 Å². The van der Waals surface area contributed by atoms with Crippen LogP contribution in [0.1, 0.15) is 81.1 Å². The van der Waals surface area contributed by atoms with Crippen molar-refractivity contribution in [3.05, 3.63) is 0 Å². The number of thiocarbonyl (C=S) groups is 2.